The van der Waals surface area contributed by atoms with Gasteiger partial charge in [-0.25, -0.2) is 0 Å². The number of hydrogen-bond acceptors (Lipinski definition) is 13. The Balaban J connectivity index is 6.06. The predicted octanol–water partition coefficient (Wildman–Crippen LogP) is 4.46. The minimum Gasteiger partial charge on any atom is -0.375 e. The fraction of sp³-hybridized carbons (Fsp3) is 0.900. The Morgan fingerprint density at radius 3 is 1.12 bits per heavy atom. The van der Waals surface area contributed by atoms with E-state index in [1.54, 1.807) is 13.8 Å². The molecule has 0 aromatic carbocycles. The Kier molecular flexibility index (Phi) is 27.5. The number of carbonyl (C=O) groups excluding carboxylic acids is 5. The lowest BCUT2D eigenvalue weighted by molar-refractivity contribution is -0.135. The summed E-state index contributed by atoms with van der Waals surface area (Å²) in [5, 5.41) is 14.8. The van der Waals surface area contributed by atoms with Crippen molar-refractivity contribution in [2.45, 2.75) is 251 Å². The Labute approximate surface area is 411 Å². The highest BCUT2D eigenvalue weighted by Gasteiger charge is 2.32. The van der Waals surface area contributed by atoms with Gasteiger partial charge in [0, 0.05) is 55.1 Å². The SMILES string of the molecule is CC(C)(N)CCOC(C)(C)CC(=O)NCCCC[C@H](NC(=O)CC(C)(C)OCCC(C)(C)N)C(=O)N[C@@H](CCCCNC(=O)CC(C)(C)OCCC(C)(C)N)C(=O)NC(C)(C)CCOC(C)(C)N. The molecule has 400 valence electrons. The third kappa shape index (κ3) is 36.9. The molecule has 0 spiro atoms. The fourth-order valence-corrected chi connectivity index (χ4v) is 6.72. The molecular formula is C50H101N9O9. The van der Waals surface area contributed by atoms with Crippen molar-refractivity contribution in [3.05, 3.63) is 0 Å². The quantitative estimate of drug-likeness (QED) is 0.0308. The summed E-state index contributed by atoms with van der Waals surface area (Å²) in [4.78, 5) is 67.6. The lowest BCUT2D eigenvalue weighted by atomic mass is 9.99. The van der Waals surface area contributed by atoms with Crippen molar-refractivity contribution in [2.24, 2.45) is 22.9 Å². The van der Waals surface area contributed by atoms with E-state index in [1.807, 2.05) is 96.9 Å². The first kappa shape index (κ1) is 65.0. The minimum absolute atomic E-state index is 0.0286. The van der Waals surface area contributed by atoms with Crippen molar-refractivity contribution in [2.75, 3.05) is 39.5 Å². The number of ether oxygens (including phenoxy) is 4. The van der Waals surface area contributed by atoms with Gasteiger partial charge in [0.05, 0.1) is 42.7 Å². The van der Waals surface area contributed by atoms with Crippen LogP contribution in [0.5, 0.6) is 0 Å². The monoisotopic (exact) mass is 972 g/mol. The van der Waals surface area contributed by atoms with Gasteiger partial charge < -0.3 is 68.5 Å². The van der Waals surface area contributed by atoms with Gasteiger partial charge in [-0.05, 0) is 175 Å². The van der Waals surface area contributed by atoms with Crippen molar-refractivity contribution in [1.29, 1.82) is 0 Å². The molecule has 5 amide bonds. The smallest absolute Gasteiger partial charge is 0.243 e. The van der Waals surface area contributed by atoms with E-state index in [-0.39, 0.29) is 61.6 Å². The van der Waals surface area contributed by atoms with Gasteiger partial charge in [0.15, 0.2) is 0 Å². The molecule has 0 radical (unpaired) electrons. The Hall–Kier alpha value is -2.97. The third-order valence-electron chi connectivity index (χ3n) is 10.9. The first-order chi connectivity index (χ1) is 30.7. The van der Waals surface area contributed by atoms with Crippen molar-refractivity contribution < 1.29 is 42.9 Å². The summed E-state index contributed by atoms with van der Waals surface area (Å²) in [6, 6.07) is -1.97. The molecule has 0 aliphatic carbocycles. The molecule has 0 aromatic rings. The zero-order valence-corrected chi connectivity index (χ0v) is 45.6. The molecule has 0 fully saturated rings. The first-order valence-corrected chi connectivity index (χ1v) is 24.9. The van der Waals surface area contributed by atoms with Crippen molar-refractivity contribution >= 4 is 29.5 Å². The molecule has 0 saturated carbocycles. The minimum atomic E-state index is -1.000. The van der Waals surface area contributed by atoms with Crippen LogP contribution in [0.2, 0.25) is 0 Å². The topological polar surface area (TPSA) is 286 Å². The number of amides is 5. The second-order valence-electron chi connectivity index (χ2n) is 24.0. The number of nitrogens with two attached hydrogens (primary N) is 4. The highest BCUT2D eigenvalue weighted by atomic mass is 16.5. The number of nitrogens with one attached hydrogen (secondary N) is 5. The second-order valence-corrected chi connectivity index (χ2v) is 24.0. The van der Waals surface area contributed by atoms with E-state index < -0.39 is 63.4 Å². The average molecular weight is 972 g/mol. The van der Waals surface area contributed by atoms with E-state index in [4.69, 9.17) is 41.9 Å². The van der Waals surface area contributed by atoms with Crippen LogP contribution in [0.15, 0.2) is 0 Å². The van der Waals surface area contributed by atoms with E-state index in [9.17, 15) is 24.0 Å². The highest BCUT2D eigenvalue weighted by Crippen LogP contribution is 2.20. The number of rotatable bonds is 37. The van der Waals surface area contributed by atoms with E-state index >= 15 is 0 Å². The molecule has 2 atom stereocenters. The number of unbranched alkanes of at least 4 members (excludes halogenated alkanes) is 2. The first-order valence-electron chi connectivity index (χ1n) is 24.9. The van der Waals surface area contributed by atoms with Gasteiger partial charge in [-0.1, -0.05) is 0 Å². The molecule has 0 unspecified atom stereocenters. The molecule has 0 rings (SSSR count). The zero-order valence-electron chi connectivity index (χ0n) is 45.6. The Bertz CT molecular complexity index is 1530. The summed E-state index contributed by atoms with van der Waals surface area (Å²) >= 11 is 0. The zero-order chi connectivity index (χ0) is 52.8. The van der Waals surface area contributed by atoms with Crippen LogP contribution in [-0.2, 0) is 42.9 Å². The molecular weight excluding hydrogens is 871 g/mol. The maximum Gasteiger partial charge on any atom is 0.243 e. The standard InChI is InChI=1S/C50H101N9O9/c1-43(2,51)23-29-65-47(9,10)33-38(60)55-27-19-17-21-36(57-40(62)35-49(13,14)67-31-25-45(5,6)53)41(63)58-37(42(64)59-46(7,8)26-32-68-50(15,16)54)22-18-20-28-56-39(61)34-48(11,12)66-30-24-44(3,4)52/h36-37H,17-35,51-54H2,1-16H3,(H,55,60)(H,56,61)(H,57,62)(H,58,63)(H,59,64)/t36-,37-/m0/s1. The van der Waals surface area contributed by atoms with E-state index in [1.165, 1.54) is 0 Å². The lowest BCUT2D eigenvalue weighted by Crippen LogP contribution is -2.57. The maximum absolute atomic E-state index is 14.3. The van der Waals surface area contributed by atoms with E-state index in [0.29, 0.717) is 84.3 Å². The summed E-state index contributed by atoms with van der Waals surface area (Å²) in [5.41, 5.74) is 19.3. The predicted molar refractivity (Wildman–Crippen MR) is 271 cm³/mol. The van der Waals surface area contributed by atoms with Crippen LogP contribution in [-0.4, -0.2) is 126 Å². The molecule has 0 heterocycles. The highest BCUT2D eigenvalue weighted by molar-refractivity contribution is 5.92. The molecule has 18 heteroatoms. The largest absolute Gasteiger partial charge is 0.375 e. The number of hydrogen-bond donors (Lipinski definition) is 9. The van der Waals surface area contributed by atoms with Gasteiger partial charge in [-0.2, -0.15) is 0 Å². The molecule has 68 heavy (non-hydrogen) atoms. The summed E-state index contributed by atoms with van der Waals surface area (Å²) < 4.78 is 23.7. The van der Waals surface area contributed by atoms with Crippen LogP contribution >= 0.6 is 0 Å². The number of carbonyl (C=O) groups is 5. The van der Waals surface area contributed by atoms with Crippen LogP contribution in [0.1, 0.15) is 194 Å². The van der Waals surface area contributed by atoms with Crippen LogP contribution in [0.3, 0.4) is 0 Å². The van der Waals surface area contributed by atoms with Gasteiger partial charge in [0.1, 0.15) is 17.8 Å². The maximum atomic E-state index is 14.3. The van der Waals surface area contributed by atoms with Crippen LogP contribution in [0.4, 0.5) is 0 Å². The molecule has 0 saturated heterocycles. The van der Waals surface area contributed by atoms with Crippen LogP contribution in [0.25, 0.3) is 0 Å². The summed E-state index contributed by atoms with van der Waals surface area (Å²) in [7, 11) is 0. The Morgan fingerprint density at radius 2 is 0.765 bits per heavy atom. The summed E-state index contributed by atoms with van der Waals surface area (Å²) in [5.74, 6) is -1.65. The summed E-state index contributed by atoms with van der Waals surface area (Å²) in [6.07, 6.45) is 5.15. The van der Waals surface area contributed by atoms with Crippen molar-refractivity contribution in [3.8, 4) is 0 Å². The van der Waals surface area contributed by atoms with Gasteiger partial charge in [0.2, 0.25) is 29.5 Å². The van der Waals surface area contributed by atoms with Gasteiger partial charge in [-0.15, -0.1) is 0 Å². The van der Waals surface area contributed by atoms with Crippen molar-refractivity contribution in [3.63, 3.8) is 0 Å². The molecule has 13 N–H and O–H groups in total. The van der Waals surface area contributed by atoms with Crippen LogP contribution in [0, 0.1) is 0 Å². The molecule has 0 aliphatic heterocycles. The Morgan fingerprint density at radius 1 is 0.426 bits per heavy atom. The normalized spacial score (nSPS) is 14.2. The van der Waals surface area contributed by atoms with E-state index in [2.05, 4.69) is 26.6 Å². The molecule has 0 aliphatic rings. The molecule has 0 aromatic heterocycles. The van der Waals surface area contributed by atoms with Gasteiger partial charge >= 0.3 is 0 Å². The van der Waals surface area contributed by atoms with Crippen molar-refractivity contribution in [1.82, 2.24) is 26.6 Å². The fourth-order valence-electron chi connectivity index (χ4n) is 6.72. The lowest BCUT2D eigenvalue weighted by Gasteiger charge is -2.31. The van der Waals surface area contributed by atoms with Gasteiger partial charge in [-0.3, -0.25) is 24.0 Å². The third-order valence-corrected chi connectivity index (χ3v) is 10.9. The van der Waals surface area contributed by atoms with Gasteiger partial charge in [0.25, 0.3) is 0 Å². The van der Waals surface area contributed by atoms with Crippen LogP contribution < -0.4 is 49.5 Å². The average Bonchev–Trinajstić information content (AvgIpc) is 3.09. The van der Waals surface area contributed by atoms with E-state index in [0.717, 1.165) is 0 Å². The summed E-state index contributed by atoms with van der Waals surface area (Å²) in [6.45, 7) is 32.0. The second kappa shape index (κ2) is 28.8. The molecule has 0 bridgehead atoms. The molecule has 18 nitrogen and oxygen atoms in total.